The fourth-order valence-electron chi connectivity index (χ4n) is 2.19. The minimum atomic E-state index is -0.119. The molecule has 0 bridgehead atoms. The molecule has 1 aliphatic heterocycles. The summed E-state index contributed by atoms with van der Waals surface area (Å²) in [7, 11) is 1.78. The summed E-state index contributed by atoms with van der Waals surface area (Å²) in [5.74, 6) is 0.0400. The van der Waals surface area contributed by atoms with Crippen LogP contribution in [0.5, 0.6) is 0 Å². The van der Waals surface area contributed by atoms with E-state index < -0.39 is 0 Å². The zero-order chi connectivity index (χ0) is 14.5. The van der Waals surface area contributed by atoms with Crippen LogP contribution in [0.4, 0.5) is 5.69 Å². The van der Waals surface area contributed by atoms with Gasteiger partial charge in [0.15, 0.2) is 0 Å². The molecule has 108 valence electrons. The van der Waals surface area contributed by atoms with Crippen LogP contribution in [0.25, 0.3) is 0 Å². The van der Waals surface area contributed by atoms with Crippen LogP contribution in [0.15, 0.2) is 24.3 Å². The Morgan fingerprint density at radius 1 is 1.50 bits per heavy atom. The van der Waals surface area contributed by atoms with Crippen molar-refractivity contribution < 1.29 is 9.59 Å². The van der Waals surface area contributed by atoms with Crippen LogP contribution in [0.3, 0.4) is 0 Å². The average Bonchev–Trinajstić information content (AvgIpc) is 2.40. The number of halogens is 1. The molecule has 1 heterocycles. The Morgan fingerprint density at radius 3 is 3.00 bits per heavy atom. The van der Waals surface area contributed by atoms with Crippen LogP contribution < -0.4 is 10.6 Å². The molecule has 2 N–H and O–H groups in total. The maximum absolute atomic E-state index is 11.8. The van der Waals surface area contributed by atoms with Crippen LogP contribution in [-0.2, 0) is 9.59 Å². The number of anilines is 1. The van der Waals surface area contributed by atoms with Crippen molar-refractivity contribution in [3.8, 4) is 0 Å². The van der Waals surface area contributed by atoms with Gasteiger partial charge in [-0.1, -0.05) is 17.7 Å². The molecule has 1 atom stereocenters. The van der Waals surface area contributed by atoms with Gasteiger partial charge in [-0.3, -0.25) is 9.59 Å². The molecule has 5 nitrogen and oxygen atoms in total. The van der Waals surface area contributed by atoms with Gasteiger partial charge < -0.3 is 15.5 Å². The fraction of sp³-hybridized carbons (Fsp3) is 0.429. The molecule has 2 amide bonds. The van der Waals surface area contributed by atoms with Crippen LogP contribution >= 0.6 is 11.6 Å². The van der Waals surface area contributed by atoms with Crippen molar-refractivity contribution in [2.75, 3.05) is 25.5 Å². The Balaban J connectivity index is 1.77. The summed E-state index contributed by atoms with van der Waals surface area (Å²) in [4.78, 5) is 24.9. The SMILES string of the molecule is CN1CC(NCC(=O)Nc2cccc(Cl)c2)CCC1=O. The summed E-state index contributed by atoms with van der Waals surface area (Å²) in [5.41, 5.74) is 0.681. The van der Waals surface area contributed by atoms with Gasteiger partial charge in [0.05, 0.1) is 6.54 Å². The van der Waals surface area contributed by atoms with Gasteiger partial charge in [0.2, 0.25) is 11.8 Å². The molecule has 0 saturated carbocycles. The van der Waals surface area contributed by atoms with E-state index in [2.05, 4.69) is 10.6 Å². The molecule has 1 aliphatic rings. The van der Waals surface area contributed by atoms with Crippen molar-refractivity contribution in [1.82, 2.24) is 10.2 Å². The molecule has 20 heavy (non-hydrogen) atoms. The summed E-state index contributed by atoms with van der Waals surface area (Å²) in [6, 6.07) is 7.20. The minimum absolute atomic E-state index is 0.119. The van der Waals surface area contributed by atoms with Gasteiger partial charge in [-0.05, 0) is 24.6 Å². The number of piperidine rings is 1. The highest BCUT2D eigenvalue weighted by Crippen LogP contribution is 2.14. The van der Waals surface area contributed by atoms with Crippen molar-refractivity contribution >= 4 is 29.1 Å². The summed E-state index contributed by atoms with van der Waals surface area (Å²) < 4.78 is 0. The molecular weight excluding hydrogens is 278 g/mol. The van der Waals surface area contributed by atoms with Gasteiger partial charge in [0.1, 0.15) is 0 Å². The lowest BCUT2D eigenvalue weighted by Crippen LogP contribution is -2.48. The Bertz CT molecular complexity index is 507. The molecule has 0 radical (unpaired) electrons. The van der Waals surface area contributed by atoms with E-state index in [1.807, 2.05) is 0 Å². The number of likely N-dealkylation sites (N-methyl/N-ethyl adjacent to an activating group) is 1. The Morgan fingerprint density at radius 2 is 2.30 bits per heavy atom. The lowest BCUT2D eigenvalue weighted by atomic mass is 10.1. The van der Waals surface area contributed by atoms with Crippen LogP contribution in [0.2, 0.25) is 5.02 Å². The molecule has 0 spiro atoms. The third-order valence-electron chi connectivity index (χ3n) is 3.29. The number of carbonyl (C=O) groups excluding carboxylic acids is 2. The number of benzene rings is 1. The first-order valence-corrected chi connectivity index (χ1v) is 6.95. The van der Waals surface area contributed by atoms with Gasteiger partial charge in [0, 0.05) is 36.8 Å². The Kier molecular flexibility index (Phi) is 4.98. The Hall–Kier alpha value is -1.59. The molecule has 0 aromatic heterocycles. The van der Waals surface area contributed by atoms with Gasteiger partial charge >= 0.3 is 0 Å². The molecule has 2 rings (SSSR count). The molecule has 1 unspecified atom stereocenters. The summed E-state index contributed by atoms with van der Waals surface area (Å²) >= 11 is 5.85. The first-order valence-electron chi connectivity index (χ1n) is 6.57. The van der Waals surface area contributed by atoms with Gasteiger partial charge in [-0.25, -0.2) is 0 Å². The summed E-state index contributed by atoms with van der Waals surface area (Å²) in [5, 5.41) is 6.53. The number of nitrogens with zero attached hydrogens (tertiary/aromatic N) is 1. The highest BCUT2D eigenvalue weighted by Gasteiger charge is 2.22. The largest absolute Gasteiger partial charge is 0.344 e. The topological polar surface area (TPSA) is 61.4 Å². The molecule has 6 heteroatoms. The third kappa shape index (κ3) is 4.21. The Labute approximate surface area is 123 Å². The van der Waals surface area contributed by atoms with Crippen molar-refractivity contribution in [2.24, 2.45) is 0 Å². The van der Waals surface area contributed by atoms with E-state index in [0.717, 1.165) is 6.42 Å². The van der Waals surface area contributed by atoms with Crippen LogP contribution in [0.1, 0.15) is 12.8 Å². The standard InChI is InChI=1S/C14H18ClN3O2/c1-18-9-12(5-6-14(18)20)16-8-13(19)17-11-4-2-3-10(15)7-11/h2-4,7,12,16H,5-6,8-9H2,1H3,(H,17,19). The monoisotopic (exact) mass is 295 g/mol. The zero-order valence-electron chi connectivity index (χ0n) is 11.4. The van der Waals surface area contributed by atoms with Crippen molar-refractivity contribution in [2.45, 2.75) is 18.9 Å². The van der Waals surface area contributed by atoms with Crippen LogP contribution in [0, 0.1) is 0 Å². The van der Waals surface area contributed by atoms with Gasteiger partial charge in [0.25, 0.3) is 0 Å². The zero-order valence-corrected chi connectivity index (χ0v) is 12.1. The maximum Gasteiger partial charge on any atom is 0.238 e. The van der Waals surface area contributed by atoms with Gasteiger partial charge in [-0.2, -0.15) is 0 Å². The smallest absolute Gasteiger partial charge is 0.238 e. The lowest BCUT2D eigenvalue weighted by Gasteiger charge is -2.30. The minimum Gasteiger partial charge on any atom is -0.344 e. The maximum atomic E-state index is 11.8. The first-order chi connectivity index (χ1) is 9.54. The average molecular weight is 296 g/mol. The molecule has 1 fully saturated rings. The number of carbonyl (C=O) groups is 2. The molecular formula is C14H18ClN3O2. The van der Waals surface area contributed by atoms with E-state index in [1.165, 1.54) is 0 Å². The van der Waals surface area contributed by atoms with Crippen LogP contribution in [-0.4, -0.2) is 42.9 Å². The van der Waals surface area contributed by atoms with Crippen molar-refractivity contribution in [3.63, 3.8) is 0 Å². The van der Waals surface area contributed by atoms with Gasteiger partial charge in [-0.15, -0.1) is 0 Å². The second kappa shape index (κ2) is 6.72. The highest BCUT2D eigenvalue weighted by atomic mass is 35.5. The summed E-state index contributed by atoms with van der Waals surface area (Å²) in [6.45, 7) is 0.864. The van der Waals surface area contributed by atoms with Crippen molar-refractivity contribution in [3.05, 3.63) is 29.3 Å². The first kappa shape index (κ1) is 14.8. The third-order valence-corrected chi connectivity index (χ3v) is 3.52. The molecule has 1 aromatic rings. The van der Waals surface area contributed by atoms with E-state index in [0.29, 0.717) is 23.7 Å². The fourth-order valence-corrected chi connectivity index (χ4v) is 2.38. The highest BCUT2D eigenvalue weighted by molar-refractivity contribution is 6.30. The quantitative estimate of drug-likeness (QED) is 0.885. The van der Waals surface area contributed by atoms with E-state index in [4.69, 9.17) is 11.6 Å². The molecule has 1 saturated heterocycles. The number of hydrogen-bond acceptors (Lipinski definition) is 3. The number of rotatable bonds is 4. The second-order valence-corrected chi connectivity index (χ2v) is 5.39. The predicted octanol–water partition coefficient (Wildman–Crippen LogP) is 1.49. The van der Waals surface area contributed by atoms with E-state index in [9.17, 15) is 9.59 Å². The molecule has 1 aromatic carbocycles. The summed E-state index contributed by atoms with van der Waals surface area (Å²) in [6.07, 6.45) is 1.30. The normalized spacial score (nSPS) is 19.0. The molecule has 0 aliphatic carbocycles. The second-order valence-electron chi connectivity index (χ2n) is 4.95. The predicted molar refractivity (Wildman–Crippen MR) is 78.7 cm³/mol. The number of nitrogens with one attached hydrogen (secondary N) is 2. The van der Waals surface area contributed by atoms with E-state index in [-0.39, 0.29) is 24.4 Å². The lowest BCUT2D eigenvalue weighted by molar-refractivity contribution is -0.132. The van der Waals surface area contributed by atoms with E-state index >= 15 is 0 Å². The number of hydrogen-bond donors (Lipinski definition) is 2. The number of likely N-dealkylation sites (tertiary alicyclic amines) is 1. The number of amides is 2. The van der Waals surface area contributed by atoms with E-state index in [1.54, 1.807) is 36.2 Å². The van der Waals surface area contributed by atoms with Crippen molar-refractivity contribution in [1.29, 1.82) is 0 Å².